The Hall–Kier alpha value is -5.48. The Morgan fingerprint density at radius 1 is 0.375 bits per heavy atom. The van der Waals surface area contributed by atoms with E-state index in [1.54, 1.807) is 0 Å². The first-order chi connectivity index (χ1) is 19.8. The topological polar surface area (TPSA) is 51.6 Å². The molecule has 0 radical (unpaired) electrons. The molecule has 0 spiro atoms. The van der Waals surface area contributed by atoms with Crippen LogP contribution in [0.25, 0.3) is 77.3 Å². The molecule has 0 N–H and O–H groups in total. The summed E-state index contributed by atoms with van der Waals surface area (Å²) in [7, 11) is 0. The molecular formula is C36H22N4. The van der Waals surface area contributed by atoms with Gasteiger partial charge in [0.1, 0.15) is 0 Å². The number of fused-ring (bicyclic) bond motifs is 6. The summed E-state index contributed by atoms with van der Waals surface area (Å²) in [5.74, 6) is 0. The third-order valence-electron chi connectivity index (χ3n) is 7.53. The van der Waals surface area contributed by atoms with E-state index in [1.807, 2.05) is 36.7 Å². The number of hydrogen-bond donors (Lipinski definition) is 0. The summed E-state index contributed by atoms with van der Waals surface area (Å²) >= 11 is 0. The summed E-state index contributed by atoms with van der Waals surface area (Å²) in [4.78, 5) is 19.7. The van der Waals surface area contributed by atoms with Crippen LogP contribution < -0.4 is 0 Å². The first-order valence-electron chi connectivity index (χ1n) is 13.3. The lowest BCUT2D eigenvalue weighted by Crippen LogP contribution is -1.93. The van der Waals surface area contributed by atoms with Crippen LogP contribution in [0.2, 0.25) is 0 Å². The second-order valence-electron chi connectivity index (χ2n) is 9.95. The summed E-state index contributed by atoms with van der Waals surface area (Å²) in [5, 5.41) is 4.30. The maximum Gasteiger partial charge on any atom is 0.0972 e. The van der Waals surface area contributed by atoms with Crippen molar-refractivity contribution in [3.05, 3.63) is 134 Å². The van der Waals surface area contributed by atoms with Crippen LogP contribution in [0.3, 0.4) is 0 Å². The van der Waals surface area contributed by atoms with E-state index in [1.165, 1.54) is 0 Å². The molecule has 0 saturated carbocycles. The molecule has 186 valence electrons. The lowest BCUT2D eigenvalue weighted by atomic mass is 9.96. The summed E-state index contributed by atoms with van der Waals surface area (Å²) in [6.45, 7) is 0. The molecule has 0 aliphatic rings. The zero-order valence-electron chi connectivity index (χ0n) is 21.5. The minimum atomic E-state index is 0.900. The van der Waals surface area contributed by atoms with Gasteiger partial charge in [-0.1, -0.05) is 97.1 Å². The molecule has 4 heterocycles. The van der Waals surface area contributed by atoms with Crippen molar-refractivity contribution in [1.82, 2.24) is 19.9 Å². The zero-order chi connectivity index (χ0) is 26.5. The van der Waals surface area contributed by atoms with Crippen molar-refractivity contribution in [3.8, 4) is 33.6 Å². The van der Waals surface area contributed by atoms with Crippen molar-refractivity contribution in [3.63, 3.8) is 0 Å². The van der Waals surface area contributed by atoms with Crippen molar-refractivity contribution < 1.29 is 0 Å². The fraction of sp³-hybridized carbons (Fsp3) is 0. The number of benzene rings is 4. The fourth-order valence-electron chi connectivity index (χ4n) is 5.53. The summed E-state index contributed by atoms with van der Waals surface area (Å²) in [5.41, 5.74) is 9.77. The molecule has 0 aliphatic carbocycles. The standard InChI is InChI=1S/C36H22N4/c1-2-7-23(8-3-1)31-18-16-25-12-13-26-17-19-32(40-36(26)35(25)39-31)30-11-5-4-10-29(30)28-21-27-15-14-24-9-6-20-37-33(24)34(27)38-22-28/h1-22H. The van der Waals surface area contributed by atoms with Gasteiger partial charge in [-0.3, -0.25) is 9.97 Å². The predicted octanol–water partition coefficient (Wildman–Crippen LogP) is 8.88. The van der Waals surface area contributed by atoms with Gasteiger partial charge in [0.2, 0.25) is 0 Å². The van der Waals surface area contributed by atoms with Crippen LogP contribution in [0.15, 0.2) is 134 Å². The molecule has 4 nitrogen and oxygen atoms in total. The molecule has 0 amide bonds. The highest BCUT2D eigenvalue weighted by atomic mass is 14.8. The molecule has 8 rings (SSSR count). The quantitative estimate of drug-likeness (QED) is 0.223. The van der Waals surface area contributed by atoms with E-state index < -0.39 is 0 Å². The molecule has 0 saturated heterocycles. The zero-order valence-corrected chi connectivity index (χ0v) is 21.5. The molecule has 4 heteroatoms. The van der Waals surface area contributed by atoms with Gasteiger partial charge in [-0.15, -0.1) is 0 Å². The van der Waals surface area contributed by atoms with Gasteiger partial charge in [0.05, 0.1) is 33.5 Å². The molecule has 0 bridgehead atoms. The third-order valence-corrected chi connectivity index (χ3v) is 7.53. The minimum absolute atomic E-state index is 0.900. The fourth-order valence-corrected chi connectivity index (χ4v) is 5.53. The number of hydrogen-bond acceptors (Lipinski definition) is 4. The summed E-state index contributed by atoms with van der Waals surface area (Å²) in [6, 6.07) is 41.8. The van der Waals surface area contributed by atoms with Crippen molar-refractivity contribution in [2.75, 3.05) is 0 Å². The van der Waals surface area contributed by atoms with Crippen LogP contribution in [0.1, 0.15) is 0 Å². The number of rotatable bonds is 3. The van der Waals surface area contributed by atoms with E-state index in [0.717, 1.165) is 77.3 Å². The minimum Gasteiger partial charge on any atom is -0.254 e. The van der Waals surface area contributed by atoms with Gasteiger partial charge >= 0.3 is 0 Å². The first kappa shape index (κ1) is 22.5. The van der Waals surface area contributed by atoms with Crippen molar-refractivity contribution in [1.29, 1.82) is 0 Å². The molecule has 4 aromatic carbocycles. The molecule has 0 atom stereocenters. The molecule has 0 aliphatic heterocycles. The van der Waals surface area contributed by atoms with Crippen LogP contribution in [0.4, 0.5) is 0 Å². The smallest absolute Gasteiger partial charge is 0.0972 e. The average molecular weight is 511 g/mol. The molecular weight excluding hydrogens is 488 g/mol. The van der Waals surface area contributed by atoms with Gasteiger partial charge in [-0.25, -0.2) is 9.97 Å². The first-order valence-corrected chi connectivity index (χ1v) is 13.3. The van der Waals surface area contributed by atoms with Gasteiger partial charge in [0.15, 0.2) is 0 Å². The van der Waals surface area contributed by atoms with Crippen LogP contribution >= 0.6 is 0 Å². The third kappa shape index (κ3) is 3.69. The highest BCUT2D eigenvalue weighted by Gasteiger charge is 2.13. The van der Waals surface area contributed by atoms with Crippen molar-refractivity contribution in [2.45, 2.75) is 0 Å². The number of pyridine rings is 4. The van der Waals surface area contributed by atoms with E-state index in [-0.39, 0.29) is 0 Å². The Morgan fingerprint density at radius 3 is 1.77 bits per heavy atom. The van der Waals surface area contributed by atoms with Crippen molar-refractivity contribution >= 4 is 43.6 Å². The molecule has 0 fully saturated rings. The Morgan fingerprint density at radius 2 is 0.975 bits per heavy atom. The summed E-state index contributed by atoms with van der Waals surface area (Å²) < 4.78 is 0. The van der Waals surface area contributed by atoms with E-state index in [0.29, 0.717) is 0 Å². The van der Waals surface area contributed by atoms with Crippen molar-refractivity contribution in [2.24, 2.45) is 0 Å². The molecule has 8 aromatic rings. The van der Waals surface area contributed by atoms with E-state index >= 15 is 0 Å². The monoisotopic (exact) mass is 510 g/mol. The second kappa shape index (κ2) is 9.07. The van der Waals surface area contributed by atoms with Crippen LogP contribution in [0.5, 0.6) is 0 Å². The Labute approximate surface area is 230 Å². The Bertz CT molecular complexity index is 2220. The van der Waals surface area contributed by atoms with Gasteiger partial charge in [0, 0.05) is 50.6 Å². The summed E-state index contributed by atoms with van der Waals surface area (Å²) in [6.07, 6.45) is 3.76. The van der Waals surface area contributed by atoms with E-state index in [2.05, 4.69) is 102 Å². The van der Waals surface area contributed by atoms with E-state index in [9.17, 15) is 0 Å². The number of aromatic nitrogens is 4. The van der Waals surface area contributed by atoms with Gasteiger partial charge in [-0.2, -0.15) is 0 Å². The van der Waals surface area contributed by atoms with Gasteiger partial charge in [0.25, 0.3) is 0 Å². The maximum absolute atomic E-state index is 5.20. The van der Waals surface area contributed by atoms with Crippen LogP contribution in [0, 0.1) is 0 Å². The number of nitrogens with zero attached hydrogens (tertiary/aromatic N) is 4. The van der Waals surface area contributed by atoms with Crippen LogP contribution in [-0.2, 0) is 0 Å². The lowest BCUT2D eigenvalue weighted by molar-refractivity contribution is 1.36. The molecule has 0 unspecified atom stereocenters. The highest BCUT2D eigenvalue weighted by molar-refractivity contribution is 6.05. The maximum atomic E-state index is 5.20. The van der Waals surface area contributed by atoms with Gasteiger partial charge in [-0.05, 0) is 29.8 Å². The van der Waals surface area contributed by atoms with Gasteiger partial charge < -0.3 is 0 Å². The second-order valence-corrected chi connectivity index (χ2v) is 9.95. The Balaban J connectivity index is 1.29. The average Bonchev–Trinajstić information content (AvgIpc) is 3.04. The van der Waals surface area contributed by atoms with E-state index in [4.69, 9.17) is 15.0 Å². The normalized spacial score (nSPS) is 11.5. The highest BCUT2D eigenvalue weighted by Crippen LogP contribution is 2.35. The largest absolute Gasteiger partial charge is 0.254 e. The SMILES string of the molecule is c1ccc(-c2ccc3ccc4ccc(-c5ccccc5-c5cnc6c(ccc7cccnc76)c5)nc4c3n2)cc1. The van der Waals surface area contributed by atoms with Crippen LogP contribution in [-0.4, -0.2) is 19.9 Å². The molecule has 4 aromatic heterocycles. The molecule has 40 heavy (non-hydrogen) atoms. The lowest BCUT2D eigenvalue weighted by Gasteiger charge is -2.12. The predicted molar refractivity (Wildman–Crippen MR) is 164 cm³/mol. The Kier molecular flexibility index (Phi) is 5.10.